The maximum absolute atomic E-state index is 11.2. The Hall–Kier alpha value is -2.02. The first-order valence-electron chi connectivity index (χ1n) is 6.48. The molecule has 1 aromatic heterocycles. The molecule has 0 unspecified atom stereocenters. The van der Waals surface area contributed by atoms with Crippen molar-refractivity contribution in [3.05, 3.63) is 35.7 Å². The van der Waals surface area contributed by atoms with Crippen molar-refractivity contribution in [2.24, 2.45) is 0 Å². The molecule has 0 aliphatic carbocycles. The van der Waals surface area contributed by atoms with Crippen LogP contribution in [0.1, 0.15) is 18.4 Å². The average molecular weight is 308 g/mol. The van der Waals surface area contributed by atoms with Crippen LogP contribution in [0.25, 0.3) is 0 Å². The number of hydrogen-bond donors (Lipinski definition) is 0. The highest BCUT2D eigenvalue weighted by atomic mass is 32.2. The van der Waals surface area contributed by atoms with Gasteiger partial charge >= 0.3 is 5.97 Å². The minimum atomic E-state index is -0.307. The molecule has 0 amide bonds. The van der Waals surface area contributed by atoms with Gasteiger partial charge in [0.15, 0.2) is 6.61 Å². The Morgan fingerprint density at radius 2 is 2.14 bits per heavy atom. The standard InChI is InChI=1S/C14H16N2O4S/c1-3-18-13(17)9-21-14-16-15-12(20-14)8-19-11-7-5-4-6-10(11)2/h4-7H,3,8-9H2,1-2H3. The van der Waals surface area contributed by atoms with Gasteiger partial charge in [0.05, 0.1) is 6.61 Å². The monoisotopic (exact) mass is 308 g/mol. The second kappa shape index (κ2) is 7.68. The predicted molar refractivity (Wildman–Crippen MR) is 77.2 cm³/mol. The largest absolute Gasteiger partial charge is 0.484 e. The molecule has 0 fully saturated rings. The molecule has 6 nitrogen and oxygen atoms in total. The minimum absolute atomic E-state index is 0.147. The summed E-state index contributed by atoms with van der Waals surface area (Å²) in [4.78, 5) is 11.2. The zero-order chi connectivity index (χ0) is 15.1. The van der Waals surface area contributed by atoms with Gasteiger partial charge in [0.2, 0.25) is 0 Å². The highest BCUT2D eigenvalue weighted by molar-refractivity contribution is 7.99. The summed E-state index contributed by atoms with van der Waals surface area (Å²) in [5, 5.41) is 8.04. The number of para-hydroxylation sites is 1. The van der Waals surface area contributed by atoms with Crippen molar-refractivity contribution in [1.29, 1.82) is 0 Å². The van der Waals surface area contributed by atoms with Crippen LogP contribution in [0, 0.1) is 6.92 Å². The Labute approximate surface area is 126 Å². The smallest absolute Gasteiger partial charge is 0.316 e. The lowest BCUT2D eigenvalue weighted by atomic mass is 10.2. The number of thioether (sulfide) groups is 1. The molecule has 0 atom stereocenters. The Bertz CT molecular complexity index is 600. The van der Waals surface area contributed by atoms with Crippen molar-refractivity contribution in [3.8, 4) is 5.75 Å². The van der Waals surface area contributed by atoms with Crippen molar-refractivity contribution in [3.63, 3.8) is 0 Å². The Morgan fingerprint density at radius 3 is 2.90 bits per heavy atom. The van der Waals surface area contributed by atoms with Crippen LogP contribution in [0.15, 0.2) is 33.9 Å². The van der Waals surface area contributed by atoms with E-state index in [9.17, 15) is 4.79 Å². The normalized spacial score (nSPS) is 10.4. The summed E-state index contributed by atoms with van der Waals surface area (Å²) in [5.74, 6) is 0.980. The van der Waals surface area contributed by atoms with Crippen LogP contribution in [0.5, 0.6) is 5.75 Å². The van der Waals surface area contributed by atoms with Gasteiger partial charge in [0, 0.05) is 0 Å². The molecule has 0 spiro atoms. The van der Waals surface area contributed by atoms with Crippen molar-refractivity contribution in [1.82, 2.24) is 10.2 Å². The van der Waals surface area contributed by atoms with Crippen LogP contribution in [0.4, 0.5) is 0 Å². The van der Waals surface area contributed by atoms with Crippen LogP contribution in [0.2, 0.25) is 0 Å². The first-order valence-corrected chi connectivity index (χ1v) is 7.47. The predicted octanol–water partition coefficient (Wildman–Crippen LogP) is 2.61. The Morgan fingerprint density at radius 1 is 1.33 bits per heavy atom. The van der Waals surface area contributed by atoms with Gasteiger partial charge in [-0.2, -0.15) is 0 Å². The first-order chi connectivity index (χ1) is 10.2. The molecule has 21 heavy (non-hydrogen) atoms. The van der Waals surface area contributed by atoms with E-state index in [1.807, 2.05) is 31.2 Å². The number of carbonyl (C=O) groups is 1. The molecule has 112 valence electrons. The van der Waals surface area contributed by atoms with E-state index >= 15 is 0 Å². The highest BCUT2D eigenvalue weighted by Gasteiger charge is 2.11. The summed E-state index contributed by atoms with van der Waals surface area (Å²) in [6.07, 6.45) is 0. The molecular weight excluding hydrogens is 292 g/mol. The van der Waals surface area contributed by atoms with Crippen LogP contribution < -0.4 is 4.74 Å². The summed E-state index contributed by atoms with van der Waals surface area (Å²) in [5.41, 5.74) is 1.04. The van der Waals surface area contributed by atoms with E-state index in [0.29, 0.717) is 17.7 Å². The van der Waals surface area contributed by atoms with Crippen molar-refractivity contribution in [2.45, 2.75) is 25.7 Å². The summed E-state index contributed by atoms with van der Waals surface area (Å²) in [7, 11) is 0. The van der Waals surface area contributed by atoms with Gasteiger partial charge in [-0.15, -0.1) is 10.2 Å². The van der Waals surface area contributed by atoms with E-state index in [2.05, 4.69) is 10.2 Å². The number of hydrogen-bond acceptors (Lipinski definition) is 7. The second-order valence-corrected chi connectivity index (χ2v) is 5.04. The summed E-state index contributed by atoms with van der Waals surface area (Å²) < 4.78 is 15.8. The van der Waals surface area contributed by atoms with Gasteiger partial charge in [-0.3, -0.25) is 4.79 Å². The molecule has 0 saturated carbocycles. The number of benzene rings is 1. The van der Waals surface area contributed by atoms with Crippen LogP contribution in [-0.4, -0.2) is 28.5 Å². The zero-order valence-electron chi connectivity index (χ0n) is 11.9. The third-order valence-electron chi connectivity index (χ3n) is 2.51. The molecule has 2 rings (SSSR count). The number of rotatable bonds is 7. The first kappa shape index (κ1) is 15.4. The molecule has 0 aliphatic rings. The number of nitrogens with zero attached hydrogens (tertiary/aromatic N) is 2. The minimum Gasteiger partial charge on any atom is -0.484 e. The van der Waals surface area contributed by atoms with E-state index < -0.39 is 0 Å². The number of esters is 1. The van der Waals surface area contributed by atoms with Crippen molar-refractivity contribution < 1.29 is 18.7 Å². The maximum atomic E-state index is 11.2. The van der Waals surface area contributed by atoms with Gasteiger partial charge in [-0.1, -0.05) is 30.0 Å². The van der Waals surface area contributed by atoms with Crippen molar-refractivity contribution in [2.75, 3.05) is 12.4 Å². The molecule has 1 aromatic carbocycles. The molecular formula is C14H16N2O4S. The van der Waals surface area contributed by atoms with E-state index in [0.717, 1.165) is 23.1 Å². The number of ether oxygens (including phenoxy) is 2. The Balaban J connectivity index is 1.83. The fraction of sp³-hybridized carbons (Fsp3) is 0.357. The van der Waals surface area contributed by atoms with Gasteiger partial charge < -0.3 is 13.9 Å². The molecule has 2 aromatic rings. The summed E-state index contributed by atoms with van der Waals surface area (Å²) in [6, 6.07) is 7.68. The fourth-order valence-corrected chi connectivity index (χ4v) is 2.11. The summed E-state index contributed by atoms with van der Waals surface area (Å²) in [6.45, 7) is 4.27. The average Bonchev–Trinajstić information content (AvgIpc) is 2.93. The van der Waals surface area contributed by atoms with Gasteiger partial charge in [-0.25, -0.2) is 0 Å². The van der Waals surface area contributed by atoms with E-state index in [1.54, 1.807) is 6.92 Å². The lowest BCUT2D eigenvalue weighted by Crippen LogP contribution is -2.06. The van der Waals surface area contributed by atoms with Crippen LogP contribution in [0.3, 0.4) is 0 Å². The van der Waals surface area contributed by atoms with E-state index in [4.69, 9.17) is 13.9 Å². The van der Waals surface area contributed by atoms with Gasteiger partial charge in [0.25, 0.3) is 11.1 Å². The summed E-state index contributed by atoms with van der Waals surface area (Å²) >= 11 is 1.14. The number of aryl methyl sites for hydroxylation is 1. The second-order valence-electron chi connectivity index (χ2n) is 4.11. The van der Waals surface area contributed by atoms with Crippen molar-refractivity contribution >= 4 is 17.7 Å². The lowest BCUT2D eigenvalue weighted by Gasteiger charge is -2.05. The molecule has 0 bridgehead atoms. The molecule has 0 N–H and O–H groups in total. The zero-order valence-corrected chi connectivity index (χ0v) is 12.7. The molecule has 0 saturated heterocycles. The Kier molecular flexibility index (Phi) is 5.62. The lowest BCUT2D eigenvalue weighted by molar-refractivity contribution is -0.139. The van der Waals surface area contributed by atoms with Gasteiger partial charge in [0.1, 0.15) is 11.5 Å². The van der Waals surface area contributed by atoms with Crippen LogP contribution in [-0.2, 0) is 16.1 Å². The van der Waals surface area contributed by atoms with Gasteiger partial charge in [-0.05, 0) is 25.5 Å². The molecule has 7 heteroatoms. The van der Waals surface area contributed by atoms with Crippen LogP contribution >= 0.6 is 11.8 Å². The maximum Gasteiger partial charge on any atom is 0.316 e. The van der Waals surface area contributed by atoms with E-state index in [-0.39, 0.29) is 18.3 Å². The third kappa shape index (κ3) is 4.78. The molecule has 1 heterocycles. The topological polar surface area (TPSA) is 74.5 Å². The highest BCUT2D eigenvalue weighted by Crippen LogP contribution is 2.19. The van der Waals surface area contributed by atoms with E-state index in [1.165, 1.54) is 0 Å². The SMILES string of the molecule is CCOC(=O)CSc1nnc(COc2ccccc2C)o1. The third-order valence-corrected chi connectivity index (χ3v) is 3.30. The number of carbonyl (C=O) groups excluding carboxylic acids is 1. The molecule has 0 radical (unpaired) electrons. The fourth-order valence-electron chi connectivity index (χ4n) is 1.54. The molecule has 0 aliphatic heterocycles. The quantitative estimate of drug-likeness (QED) is 0.575. The number of aromatic nitrogens is 2.